The maximum Gasteiger partial charge on any atom is 0.221 e. The predicted molar refractivity (Wildman–Crippen MR) is 80.8 cm³/mol. The largest absolute Gasteiger partial charge is 0.383 e. The highest BCUT2D eigenvalue weighted by atomic mass is 16.5. The lowest BCUT2D eigenvalue weighted by molar-refractivity contribution is -0.114. The van der Waals surface area contributed by atoms with Gasteiger partial charge in [-0.1, -0.05) is 12.1 Å². The Morgan fingerprint density at radius 2 is 2.15 bits per heavy atom. The van der Waals surface area contributed by atoms with Gasteiger partial charge in [-0.05, 0) is 17.7 Å². The number of carbonyl (C=O) groups excluding carboxylic acids is 1. The Bertz CT molecular complexity index is 460. The van der Waals surface area contributed by atoms with Crippen LogP contribution in [0.4, 0.5) is 5.69 Å². The van der Waals surface area contributed by atoms with Gasteiger partial charge < -0.3 is 20.7 Å². The first-order valence-electron chi connectivity index (χ1n) is 6.45. The molecule has 1 amide bonds. The van der Waals surface area contributed by atoms with Crippen LogP contribution in [0.1, 0.15) is 12.5 Å². The van der Waals surface area contributed by atoms with Crippen molar-refractivity contribution in [3.63, 3.8) is 0 Å². The Kier molecular flexibility index (Phi) is 7.13. The van der Waals surface area contributed by atoms with Crippen LogP contribution >= 0.6 is 0 Å². The Morgan fingerprint density at radius 3 is 2.80 bits per heavy atom. The molecule has 1 aromatic rings. The number of anilines is 1. The molecular formula is C14H22N4O2. The van der Waals surface area contributed by atoms with E-state index in [0.29, 0.717) is 25.7 Å². The Hall–Kier alpha value is -2.08. The van der Waals surface area contributed by atoms with Gasteiger partial charge in [-0.3, -0.25) is 9.79 Å². The average molecular weight is 278 g/mol. The number of hydrogen-bond donors (Lipinski definition) is 3. The zero-order valence-electron chi connectivity index (χ0n) is 12.2. The number of ether oxygens (including phenoxy) is 1. The van der Waals surface area contributed by atoms with Gasteiger partial charge in [-0.2, -0.15) is 0 Å². The molecule has 0 spiro atoms. The molecule has 3 N–H and O–H groups in total. The summed E-state index contributed by atoms with van der Waals surface area (Å²) in [5.74, 6) is 0.638. The molecule has 0 aliphatic rings. The third-order valence-electron chi connectivity index (χ3n) is 2.53. The van der Waals surface area contributed by atoms with Crippen molar-refractivity contribution >= 4 is 17.6 Å². The predicted octanol–water partition coefficient (Wildman–Crippen LogP) is 0.956. The van der Waals surface area contributed by atoms with E-state index in [1.54, 1.807) is 14.2 Å². The topological polar surface area (TPSA) is 74.8 Å². The van der Waals surface area contributed by atoms with E-state index >= 15 is 0 Å². The molecule has 6 nitrogen and oxygen atoms in total. The van der Waals surface area contributed by atoms with Crippen molar-refractivity contribution in [3.05, 3.63) is 29.8 Å². The number of methoxy groups -OCH3 is 1. The number of carbonyl (C=O) groups is 1. The fourth-order valence-electron chi connectivity index (χ4n) is 1.64. The van der Waals surface area contributed by atoms with E-state index in [9.17, 15) is 4.79 Å². The van der Waals surface area contributed by atoms with Gasteiger partial charge in [-0.15, -0.1) is 0 Å². The van der Waals surface area contributed by atoms with Crippen molar-refractivity contribution in [2.75, 3.05) is 32.6 Å². The zero-order chi connectivity index (χ0) is 14.8. The molecule has 0 saturated heterocycles. The van der Waals surface area contributed by atoms with Crippen LogP contribution in [-0.4, -0.2) is 39.2 Å². The highest BCUT2D eigenvalue weighted by molar-refractivity contribution is 5.88. The summed E-state index contributed by atoms with van der Waals surface area (Å²) in [7, 11) is 3.38. The van der Waals surface area contributed by atoms with E-state index in [4.69, 9.17) is 4.74 Å². The molecular weight excluding hydrogens is 256 g/mol. The lowest BCUT2D eigenvalue weighted by atomic mass is 10.2. The van der Waals surface area contributed by atoms with E-state index in [-0.39, 0.29) is 5.91 Å². The minimum atomic E-state index is -0.0767. The Balaban J connectivity index is 2.49. The molecule has 6 heteroatoms. The third-order valence-corrected chi connectivity index (χ3v) is 2.53. The molecule has 0 unspecified atom stereocenters. The van der Waals surface area contributed by atoms with Crippen LogP contribution in [-0.2, 0) is 16.1 Å². The SMILES string of the molecule is CN=C(NCCOC)NCc1cccc(NC(C)=O)c1. The molecule has 0 radical (unpaired) electrons. The van der Waals surface area contributed by atoms with Crippen molar-refractivity contribution in [3.8, 4) is 0 Å². The summed E-state index contributed by atoms with van der Waals surface area (Å²) in [5.41, 5.74) is 1.85. The number of nitrogens with one attached hydrogen (secondary N) is 3. The molecule has 0 fully saturated rings. The molecule has 110 valence electrons. The molecule has 0 aromatic heterocycles. The molecule has 0 atom stereocenters. The fourth-order valence-corrected chi connectivity index (χ4v) is 1.64. The Morgan fingerprint density at radius 1 is 1.35 bits per heavy atom. The minimum Gasteiger partial charge on any atom is -0.383 e. The van der Waals surface area contributed by atoms with Gasteiger partial charge >= 0.3 is 0 Å². The van der Waals surface area contributed by atoms with E-state index in [1.165, 1.54) is 6.92 Å². The van der Waals surface area contributed by atoms with Crippen molar-refractivity contribution in [1.29, 1.82) is 0 Å². The van der Waals surface area contributed by atoms with Crippen LogP contribution in [0.2, 0.25) is 0 Å². The summed E-state index contributed by atoms with van der Waals surface area (Å²) < 4.78 is 4.97. The zero-order valence-corrected chi connectivity index (χ0v) is 12.2. The summed E-state index contributed by atoms with van der Waals surface area (Å²) in [6, 6.07) is 7.68. The summed E-state index contributed by atoms with van der Waals surface area (Å²) in [6.45, 7) is 3.44. The molecule has 0 bridgehead atoms. The lowest BCUT2D eigenvalue weighted by Gasteiger charge is -2.12. The highest BCUT2D eigenvalue weighted by Crippen LogP contribution is 2.10. The smallest absolute Gasteiger partial charge is 0.221 e. The second kappa shape index (κ2) is 8.92. The molecule has 0 aliphatic carbocycles. The monoisotopic (exact) mass is 278 g/mol. The van der Waals surface area contributed by atoms with E-state index in [2.05, 4.69) is 20.9 Å². The van der Waals surface area contributed by atoms with Crippen molar-refractivity contribution in [1.82, 2.24) is 10.6 Å². The van der Waals surface area contributed by atoms with Crippen LogP contribution in [0.5, 0.6) is 0 Å². The first kappa shape index (κ1) is 16.0. The molecule has 1 aromatic carbocycles. The molecule has 1 rings (SSSR count). The van der Waals surface area contributed by atoms with Gasteiger partial charge in [0.15, 0.2) is 5.96 Å². The van der Waals surface area contributed by atoms with Crippen LogP contribution in [0.15, 0.2) is 29.3 Å². The number of amides is 1. The maximum absolute atomic E-state index is 11.0. The normalized spacial score (nSPS) is 11.1. The first-order chi connectivity index (χ1) is 9.65. The minimum absolute atomic E-state index is 0.0767. The summed E-state index contributed by atoms with van der Waals surface area (Å²) >= 11 is 0. The lowest BCUT2D eigenvalue weighted by Crippen LogP contribution is -2.38. The van der Waals surface area contributed by atoms with Crippen molar-refractivity contribution in [2.45, 2.75) is 13.5 Å². The van der Waals surface area contributed by atoms with Gasteiger partial charge in [0, 0.05) is 39.9 Å². The Labute approximate surface area is 119 Å². The van der Waals surface area contributed by atoms with Crippen LogP contribution < -0.4 is 16.0 Å². The second-order valence-corrected chi connectivity index (χ2v) is 4.23. The molecule has 0 heterocycles. The summed E-state index contributed by atoms with van der Waals surface area (Å²) in [6.07, 6.45) is 0. The van der Waals surface area contributed by atoms with Gasteiger partial charge in [0.25, 0.3) is 0 Å². The van der Waals surface area contributed by atoms with Crippen molar-refractivity contribution < 1.29 is 9.53 Å². The van der Waals surface area contributed by atoms with Crippen LogP contribution in [0, 0.1) is 0 Å². The van der Waals surface area contributed by atoms with E-state index in [0.717, 1.165) is 11.3 Å². The number of rotatable bonds is 6. The number of guanidine groups is 1. The standard InChI is InChI=1S/C14H22N4O2/c1-11(19)18-13-6-4-5-12(9-13)10-17-14(15-2)16-7-8-20-3/h4-6,9H,7-8,10H2,1-3H3,(H,18,19)(H2,15,16,17). The molecule has 0 aliphatic heterocycles. The molecule has 20 heavy (non-hydrogen) atoms. The highest BCUT2D eigenvalue weighted by Gasteiger charge is 2.00. The first-order valence-corrected chi connectivity index (χ1v) is 6.45. The van der Waals surface area contributed by atoms with Gasteiger partial charge in [0.2, 0.25) is 5.91 Å². The molecule has 0 saturated carbocycles. The second-order valence-electron chi connectivity index (χ2n) is 4.23. The van der Waals surface area contributed by atoms with Gasteiger partial charge in [0.05, 0.1) is 6.61 Å². The number of hydrogen-bond acceptors (Lipinski definition) is 3. The average Bonchev–Trinajstić information content (AvgIpc) is 2.42. The van der Waals surface area contributed by atoms with E-state index in [1.807, 2.05) is 24.3 Å². The quantitative estimate of drug-likeness (QED) is 0.411. The number of nitrogens with zero attached hydrogens (tertiary/aromatic N) is 1. The third kappa shape index (κ3) is 6.19. The number of benzene rings is 1. The maximum atomic E-state index is 11.0. The van der Waals surface area contributed by atoms with Gasteiger partial charge in [-0.25, -0.2) is 0 Å². The van der Waals surface area contributed by atoms with Crippen molar-refractivity contribution in [2.24, 2.45) is 4.99 Å². The fraction of sp³-hybridized carbons (Fsp3) is 0.429. The van der Waals surface area contributed by atoms with Crippen LogP contribution in [0.25, 0.3) is 0 Å². The van der Waals surface area contributed by atoms with Crippen LogP contribution in [0.3, 0.4) is 0 Å². The van der Waals surface area contributed by atoms with Gasteiger partial charge in [0.1, 0.15) is 0 Å². The number of aliphatic imine (C=N–C) groups is 1. The summed E-state index contributed by atoms with van der Waals surface area (Å²) in [4.78, 5) is 15.1. The van der Waals surface area contributed by atoms with E-state index < -0.39 is 0 Å². The summed E-state index contributed by atoms with van der Waals surface area (Å²) in [5, 5.41) is 9.09.